The number of nitriles is 1. The van der Waals surface area contributed by atoms with Gasteiger partial charge in [-0.1, -0.05) is 23.7 Å². The van der Waals surface area contributed by atoms with Gasteiger partial charge in [-0.15, -0.1) is 11.3 Å². The van der Waals surface area contributed by atoms with Crippen LogP contribution in [0, 0.1) is 11.3 Å². The second-order valence-corrected chi connectivity index (χ2v) is 7.19. The molecule has 1 aromatic heterocycles. The number of carbonyl (C=O) groups excluding carboxylic acids is 1. The largest absolute Gasteiger partial charge is 0.465 e. The summed E-state index contributed by atoms with van der Waals surface area (Å²) in [7, 11) is 0. The Labute approximate surface area is 158 Å². The van der Waals surface area contributed by atoms with Crippen LogP contribution < -0.4 is 5.32 Å². The Hall–Kier alpha value is -2.82. The maximum atomic E-state index is 12.2. The summed E-state index contributed by atoms with van der Waals surface area (Å²) < 4.78 is 0. The van der Waals surface area contributed by atoms with Crippen molar-refractivity contribution in [2.24, 2.45) is 0 Å². The smallest absolute Gasteiger partial charge is 0.407 e. The van der Waals surface area contributed by atoms with E-state index in [-0.39, 0.29) is 12.5 Å². The maximum absolute atomic E-state index is 12.2. The molecule has 132 valence electrons. The van der Waals surface area contributed by atoms with Gasteiger partial charge >= 0.3 is 6.09 Å². The van der Waals surface area contributed by atoms with Crippen LogP contribution in [-0.4, -0.2) is 28.6 Å². The minimum absolute atomic E-state index is 0.237. The Bertz CT molecular complexity index is 928. The minimum Gasteiger partial charge on any atom is -0.465 e. The molecule has 1 aromatic carbocycles. The average molecular weight is 388 g/mol. The maximum Gasteiger partial charge on any atom is 0.407 e. The number of thiophene rings is 1. The van der Waals surface area contributed by atoms with Gasteiger partial charge in [-0.05, 0) is 35.8 Å². The molecule has 0 fully saturated rings. The number of nitrogens with zero attached hydrogens (tertiary/aromatic N) is 2. The van der Waals surface area contributed by atoms with Gasteiger partial charge in [0.1, 0.15) is 11.1 Å². The third-order valence-electron chi connectivity index (χ3n) is 3.97. The summed E-state index contributed by atoms with van der Waals surface area (Å²) in [6.45, 7) is 0.581. The topological polar surface area (TPSA) is 93.4 Å². The Morgan fingerprint density at radius 2 is 2.08 bits per heavy atom. The van der Waals surface area contributed by atoms with E-state index in [1.807, 2.05) is 0 Å². The number of carbonyl (C=O) groups is 2. The molecule has 26 heavy (non-hydrogen) atoms. The first-order valence-corrected chi connectivity index (χ1v) is 8.94. The fourth-order valence-electron chi connectivity index (χ4n) is 2.67. The van der Waals surface area contributed by atoms with Crippen LogP contribution in [0.15, 0.2) is 30.3 Å². The lowest BCUT2D eigenvalue weighted by atomic mass is 10.0. The molecular formula is C18H14ClN3O3S. The van der Waals surface area contributed by atoms with Crippen molar-refractivity contribution in [1.82, 2.24) is 4.90 Å². The van der Waals surface area contributed by atoms with E-state index in [4.69, 9.17) is 16.7 Å². The summed E-state index contributed by atoms with van der Waals surface area (Å²) in [6.07, 6.45) is 2.51. The first-order chi connectivity index (χ1) is 12.5. The van der Waals surface area contributed by atoms with Crippen molar-refractivity contribution >= 4 is 46.0 Å². The molecule has 0 atom stereocenters. The number of halogens is 1. The molecule has 1 aliphatic rings. The van der Waals surface area contributed by atoms with E-state index >= 15 is 0 Å². The van der Waals surface area contributed by atoms with Crippen LogP contribution in [-0.2, 0) is 17.8 Å². The highest BCUT2D eigenvalue weighted by atomic mass is 35.5. The minimum atomic E-state index is -0.987. The number of nitrogens with one attached hydrogen (secondary N) is 1. The van der Waals surface area contributed by atoms with Crippen molar-refractivity contribution in [3.05, 3.63) is 56.9 Å². The highest BCUT2D eigenvalue weighted by Crippen LogP contribution is 2.36. The van der Waals surface area contributed by atoms with Crippen LogP contribution in [0.25, 0.3) is 6.08 Å². The Morgan fingerprint density at radius 3 is 2.73 bits per heavy atom. The molecule has 3 rings (SSSR count). The predicted molar refractivity (Wildman–Crippen MR) is 100 cm³/mol. The van der Waals surface area contributed by atoms with E-state index < -0.39 is 6.09 Å². The molecule has 0 saturated carbocycles. The zero-order chi connectivity index (χ0) is 18.7. The van der Waals surface area contributed by atoms with Gasteiger partial charge in [0.05, 0.1) is 12.1 Å². The molecule has 2 heterocycles. The molecule has 6 nitrogen and oxygen atoms in total. The summed E-state index contributed by atoms with van der Waals surface area (Å²) in [6, 6.07) is 9.16. The van der Waals surface area contributed by atoms with E-state index in [1.54, 1.807) is 30.3 Å². The van der Waals surface area contributed by atoms with Gasteiger partial charge in [0.15, 0.2) is 0 Å². The number of rotatable bonds is 3. The molecule has 8 heteroatoms. The van der Waals surface area contributed by atoms with Crippen molar-refractivity contribution in [2.75, 3.05) is 11.9 Å². The summed E-state index contributed by atoms with van der Waals surface area (Å²) in [5, 5.41) is 22.3. The molecule has 2 N–H and O–H groups in total. The van der Waals surface area contributed by atoms with Gasteiger partial charge in [-0.25, -0.2) is 4.79 Å². The first kappa shape index (κ1) is 18.0. The molecule has 0 radical (unpaired) electrons. The monoisotopic (exact) mass is 387 g/mol. The van der Waals surface area contributed by atoms with Gasteiger partial charge in [-0.3, -0.25) is 4.79 Å². The van der Waals surface area contributed by atoms with Crippen molar-refractivity contribution < 1.29 is 14.7 Å². The van der Waals surface area contributed by atoms with Gasteiger partial charge in [-0.2, -0.15) is 5.26 Å². The average Bonchev–Trinajstić information content (AvgIpc) is 2.97. The zero-order valence-electron chi connectivity index (χ0n) is 13.5. The molecule has 1 aliphatic heterocycles. The van der Waals surface area contributed by atoms with Crippen LogP contribution in [0.4, 0.5) is 9.80 Å². The van der Waals surface area contributed by atoms with Crippen LogP contribution in [0.1, 0.15) is 21.6 Å². The van der Waals surface area contributed by atoms with E-state index in [0.29, 0.717) is 28.6 Å². The van der Waals surface area contributed by atoms with E-state index in [1.165, 1.54) is 22.3 Å². The van der Waals surface area contributed by atoms with Crippen molar-refractivity contribution in [3.8, 4) is 6.07 Å². The van der Waals surface area contributed by atoms with Gasteiger partial charge < -0.3 is 15.3 Å². The SMILES string of the molecule is N#Cc1c(NC(=O)C=Cc2ccc(Cl)cc2)sc2c1CCN(C(=O)O)C2. The molecule has 0 spiro atoms. The molecule has 0 bridgehead atoms. The Morgan fingerprint density at radius 1 is 1.35 bits per heavy atom. The zero-order valence-corrected chi connectivity index (χ0v) is 15.1. The number of fused-ring (bicyclic) bond motifs is 1. The van der Waals surface area contributed by atoms with E-state index in [2.05, 4.69) is 11.4 Å². The highest BCUT2D eigenvalue weighted by Gasteiger charge is 2.27. The quantitative estimate of drug-likeness (QED) is 0.779. The van der Waals surface area contributed by atoms with Gasteiger partial charge in [0, 0.05) is 22.5 Å². The Balaban J connectivity index is 1.75. The number of hydrogen-bond donors (Lipinski definition) is 2. The van der Waals surface area contributed by atoms with Crippen molar-refractivity contribution in [3.63, 3.8) is 0 Å². The fourth-order valence-corrected chi connectivity index (χ4v) is 4.02. The summed E-state index contributed by atoms with van der Waals surface area (Å²) in [5.41, 5.74) is 2.07. The van der Waals surface area contributed by atoms with Crippen LogP contribution >= 0.6 is 22.9 Å². The number of anilines is 1. The molecular weight excluding hydrogens is 374 g/mol. The van der Waals surface area contributed by atoms with E-state index in [9.17, 15) is 14.9 Å². The van der Waals surface area contributed by atoms with Gasteiger partial charge in [0.2, 0.25) is 5.91 Å². The predicted octanol–water partition coefficient (Wildman–Crippen LogP) is 3.96. The normalized spacial score (nSPS) is 13.3. The van der Waals surface area contributed by atoms with Crippen molar-refractivity contribution in [1.29, 1.82) is 5.26 Å². The summed E-state index contributed by atoms with van der Waals surface area (Å²) in [4.78, 5) is 25.4. The third-order valence-corrected chi connectivity index (χ3v) is 5.36. The number of benzene rings is 1. The second kappa shape index (κ2) is 7.60. The molecule has 2 aromatic rings. The lowest BCUT2D eigenvalue weighted by Gasteiger charge is -2.23. The molecule has 0 unspecified atom stereocenters. The summed E-state index contributed by atoms with van der Waals surface area (Å²) >= 11 is 7.07. The molecule has 0 aliphatic carbocycles. The number of hydrogen-bond acceptors (Lipinski definition) is 4. The number of carboxylic acid groups (broad SMARTS) is 1. The van der Waals surface area contributed by atoms with Crippen LogP contribution in [0.5, 0.6) is 0 Å². The number of amides is 2. The lowest BCUT2D eigenvalue weighted by Crippen LogP contribution is -2.34. The summed E-state index contributed by atoms with van der Waals surface area (Å²) in [5.74, 6) is -0.356. The molecule has 2 amide bonds. The highest BCUT2D eigenvalue weighted by molar-refractivity contribution is 7.16. The van der Waals surface area contributed by atoms with E-state index in [0.717, 1.165) is 16.0 Å². The first-order valence-electron chi connectivity index (χ1n) is 7.75. The standard InChI is InChI=1S/C18H14ClN3O3S/c19-12-4-1-11(2-5-12)3-6-16(23)21-17-14(9-20)13-7-8-22(18(24)25)10-15(13)26-17/h1-6H,7-8,10H2,(H,21,23)(H,24,25). The van der Waals surface area contributed by atoms with Crippen LogP contribution in [0.2, 0.25) is 5.02 Å². The Kier molecular flexibility index (Phi) is 5.26. The molecule has 0 saturated heterocycles. The lowest BCUT2D eigenvalue weighted by molar-refractivity contribution is -0.111. The second-order valence-electron chi connectivity index (χ2n) is 5.65. The van der Waals surface area contributed by atoms with Crippen LogP contribution in [0.3, 0.4) is 0 Å². The fraction of sp³-hybridized carbons (Fsp3) is 0.167. The van der Waals surface area contributed by atoms with Crippen molar-refractivity contribution in [2.45, 2.75) is 13.0 Å². The third kappa shape index (κ3) is 3.87. The van der Waals surface area contributed by atoms with Gasteiger partial charge in [0.25, 0.3) is 0 Å².